The summed E-state index contributed by atoms with van der Waals surface area (Å²) in [6, 6.07) is 9.10. The molecule has 0 bridgehead atoms. The number of hydrogen-bond acceptors (Lipinski definition) is 5. The lowest BCUT2D eigenvalue weighted by atomic mass is 10.1. The first-order valence-corrected chi connectivity index (χ1v) is 8.12. The quantitative estimate of drug-likeness (QED) is 0.694. The summed E-state index contributed by atoms with van der Waals surface area (Å²) in [6.07, 6.45) is 1.59. The highest BCUT2D eigenvalue weighted by Gasteiger charge is 2.22. The fourth-order valence-corrected chi connectivity index (χ4v) is 3.24. The number of furan rings is 1. The topological polar surface area (TPSA) is 56.2 Å². The Kier molecular flexibility index (Phi) is 3.44. The van der Waals surface area contributed by atoms with Crippen molar-refractivity contribution in [3.05, 3.63) is 52.2 Å². The van der Waals surface area contributed by atoms with E-state index in [1.165, 1.54) is 0 Å². The molecular weight excluding hydrogens is 343 g/mol. The van der Waals surface area contributed by atoms with Crippen molar-refractivity contribution in [3.8, 4) is 11.6 Å². The predicted octanol–water partition coefficient (Wildman–Crippen LogP) is 4.20. The number of nitrogens with zero attached hydrogens (tertiary/aromatic N) is 4. The van der Waals surface area contributed by atoms with Gasteiger partial charge in [0, 0.05) is 11.3 Å². The van der Waals surface area contributed by atoms with Gasteiger partial charge in [-0.1, -0.05) is 41.0 Å². The monoisotopic (exact) mass is 350 g/mol. The summed E-state index contributed by atoms with van der Waals surface area (Å²) in [5.74, 6) is 1.89. The van der Waals surface area contributed by atoms with E-state index < -0.39 is 0 Å². The molecule has 8 heteroatoms. The number of benzene rings is 1. The van der Waals surface area contributed by atoms with E-state index in [1.807, 2.05) is 18.2 Å². The summed E-state index contributed by atoms with van der Waals surface area (Å²) in [5.41, 5.74) is 1.80. The maximum atomic E-state index is 6.08. The van der Waals surface area contributed by atoms with Crippen LogP contribution in [0.3, 0.4) is 0 Å². The van der Waals surface area contributed by atoms with Gasteiger partial charge >= 0.3 is 0 Å². The highest BCUT2D eigenvalue weighted by atomic mass is 35.5. The molecule has 2 aromatic heterocycles. The van der Waals surface area contributed by atoms with Crippen LogP contribution < -0.4 is 0 Å². The molecule has 110 valence electrons. The average Bonchev–Trinajstić information content (AvgIpc) is 3.17. The third-order valence-electron chi connectivity index (χ3n) is 3.17. The predicted molar refractivity (Wildman–Crippen MR) is 86.8 cm³/mol. The van der Waals surface area contributed by atoms with E-state index in [0.717, 1.165) is 16.4 Å². The van der Waals surface area contributed by atoms with Crippen LogP contribution in [-0.4, -0.2) is 26.3 Å². The first-order valence-electron chi connectivity index (χ1n) is 6.38. The minimum atomic E-state index is 0.507. The Morgan fingerprint density at radius 2 is 2.05 bits per heavy atom. The Hall–Kier alpha value is -1.76. The lowest BCUT2D eigenvalue weighted by Gasteiger charge is -2.13. The molecule has 4 rings (SSSR count). The van der Waals surface area contributed by atoms with Gasteiger partial charge in [0.25, 0.3) is 0 Å². The third-order valence-corrected chi connectivity index (χ3v) is 4.83. The molecular formula is C14H8Cl2N4OS. The van der Waals surface area contributed by atoms with E-state index in [-0.39, 0.29) is 0 Å². The number of halogens is 2. The van der Waals surface area contributed by atoms with E-state index in [2.05, 4.69) is 15.3 Å². The van der Waals surface area contributed by atoms with Crippen molar-refractivity contribution in [1.82, 2.24) is 14.9 Å². The van der Waals surface area contributed by atoms with Crippen LogP contribution in [-0.2, 0) is 0 Å². The Morgan fingerprint density at radius 1 is 1.14 bits per heavy atom. The van der Waals surface area contributed by atoms with E-state index in [4.69, 9.17) is 27.6 Å². The normalized spacial score (nSPS) is 13.8. The van der Waals surface area contributed by atoms with Gasteiger partial charge in [-0.25, -0.2) is 0 Å². The lowest BCUT2D eigenvalue weighted by Crippen LogP contribution is -2.13. The largest absolute Gasteiger partial charge is 0.461 e. The number of hydrogen-bond donors (Lipinski definition) is 0. The van der Waals surface area contributed by atoms with Crippen LogP contribution in [0.5, 0.6) is 0 Å². The maximum Gasteiger partial charge on any atom is 0.221 e. The highest BCUT2D eigenvalue weighted by molar-refractivity contribution is 7.99. The molecule has 0 aliphatic carbocycles. The average molecular weight is 351 g/mol. The van der Waals surface area contributed by atoms with E-state index in [1.54, 1.807) is 34.8 Å². The zero-order valence-electron chi connectivity index (χ0n) is 11.0. The minimum Gasteiger partial charge on any atom is -0.461 e. The number of aromatic nitrogens is 3. The Labute approximate surface area is 139 Å². The molecule has 0 N–H and O–H groups in total. The molecule has 0 radical (unpaired) electrons. The van der Waals surface area contributed by atoms with Crippen molar-refractivity contribution < 1.29 is 4.42 Å². The van der Waals surface area contributed by atoms with E-state index in [9.17, 15) is 0 Å². The molecule has 0 atom stereocenters. The van der Waals surface area contributed by atoms with Gasteiger partial charge in [-0.2, -0.15) is 9.78 Å². The zero-order chi connectivity index (χ0) is 15.1. The molecule has 0 saturated carbocycles. The second-order valence-corrected chi connectivity index (χ2v) is 6.32. The highest BCUT2D eigenvalue weighted by Crippen LogP contribution is 2.30. The summed E-state index contributed by atoms with van der Waals surface area (Å²) >= 11 is 13.6. The van der Waals surface area contributed by atoms with Gasteiger partial charge in [0.15, 0.2) is 5.76 Å². The van der Waals surface area contributed by atoms with Crippen LogP contribution in [0.4, 0.5) is 0 Å². The molecule has 0 amide bonds. The Morgan fingerprint density at radius 3 is 2.82 bits per heavy atom. The molecule has 5 nitrogen and oxygen atoms in total. The molecule has 1 aromatic carbocycles. The minimum absolute atomic E-state index is 0.507. The number of fused-ring (bicyclic) bond motifs is 1. The smallest absolute Gasteiger partial charge is 0.221 e. The fourth-order valence-electron chi connectivity index (χ4n) is 2.10. The van der Waals surface area contributed by atoms with Crippen molar-refractivity contribution in [3.63, 3.8) is 0 Å². The van der Waals surface area contributed by atoms with Crippen molar-refractivity contribution in [2.45, 2.75) is 5.16 Å². The molecule has 0 unspecified atom stereocenters. The molecule has 0 spiro atoms. The first-order chi connectivity index (χ1) is 10.7. The number of rotatable bonds is 2. The van der Waals surface area contributed by atoms with Gasteiger partial charge in [-0.15, -0.1) is 10.2 Å². The standard InChI is InChI=1S/C14H8Cl2N4OS/c15-9-4-3-8(6-10(9)16)11-7-22-14-18-17-13(20(14)19-11)12-2-1-5-21-12/h1-6H,7H2. The van der Waals surface area contributed by atoms with Crippen LogP contribution in [0.1, 0.15) is 5.56 Å². The summed E-state index contributed by atoms with van der Waals surface area (Å²) in [6.45, 7) is 0. The van der Waals surface area contributed by atoms with Gasteiger partial charge in [0.2, 0.25) is 11.0 Å². The first kappa shape index (κ1) is 13.9. The summed E-state index contributed by atoms with van der Waals surface area (Å²) < 4.78 is 7.06. The van der Waals surface area contributed by atoms with Crippen LogP contribution in [0.2, 0.25) is 10.0 Å². The second-order valence-electron chi connectivity index (χ2n) is 4.56. The molecule has 0 saturated heterocycles. The van der Waals surface area contributed by atoms with Gasteiger partial charge in [-0.05, 0) is 24.3 Å². The maximum absolute atomic E-state index is 6.08. The van der Waals surface area contributed by atoms with Gasteiger partial charge in [0.05, 0.1) is 22.0 Å². The molecule has 3 heterocycles. The van der Waals surface area contributed by atoms with E-state index in [0.29, 0.717) is 27.4 Å². The number of thioether (sulfide) groups is 1. The van der Waals surface area contributed by atoms with Crippen molar-refractivity contribution in [2.75, 3.05) is 5.75 Å². The third kappa shape index (κ3) is 2.33. The summed E-state index contributed by atoms with van der Waals surface area (Å²) in [7, 11) is 0. The van der Waals surface area contributed by atoms with Crippen LogP contribution in [0, 0.1) is 0 Å². The van der Waals surface area contributed by atoms with Gasteiger partial charge in [0.1, 0.15) is 0 Å². The lowest BCUT2D eigenvalue weighted by molar-refractivity contribution is 0.571. The SMILES string of the molecule is Clc1ccc(C2=Nn3c(nnc3-c3ccco3)SC2)cc1Cl. The van der Waals surface area contributed by atoms with Crippen molar-refractivity contribution in [2.24, 2.45) is 5.10 Å². The second kappa shape index (κ2) is 5.46. The van der Waals surface area contributed by atoms with Crippen LogP contribution >= 0.6 is 35.0 Å². The summed E-state index contributed by atoms with van der Waals surface area (Å²) in [5, 5.41) is 14.7. The van der Waals surface area contributed by atoms with Crippen LogP contribution in [0.15, 0.2) is 51.3 Å². The molecule has 22 heavy (non-hydrogen) atoms. The molecule has 3 aromatic rings. The Bertz CT molecular complexity index is 873. The molecule has 1 aliphatic rings. The van der Waals surface area contributed by atoms with Crippen LogP contribution in [0.25, 0.3) is 11.6 Å². The van der Waals surface area contributed by atoms with Gasteiger partial charge in [-0.3, -0.25) is 0 Å². The van der Waals surface area contributed by atoms with Crippen molar-refractivity contribution >= 4 is 40.7 Å². The zero-order valence-corrected chi connectivity index (χ0v) is 13.4. The van der Waals surface area contributed by atoms with Crippen molar-refractivity contribution in [1.29, 1.82) is 0 Å². The molecule has 0 fully saturated rings. The Balaban J connectivity index is 1.80. The van der Waals surface area contributed by atoms with Gasteiger partial charge < -0.3 is 4.42 Å². The van der Waals surface area contributed by atoms with E-state index >= 15 is 0 Å². The summed E-state index contributed by atoms with van der Waals surface area (Å²) in [4.78, 5) is 0. The fraction of sp³-hybridized carbons (Fsp3) is 0.0714. The molecule has 1 aliphatic heterocycles.